The van der Waals surface area contributed by atoms with E-state index in [1.807, 2.05) is 4.90 Å². The van der Waals surface area contributed by atoms with Crippen molar-refractivity contribution in [2.75, 3.05) is 44.8 Å². The molecule has 1 aliphatic heterocycles. The number of aliphatic hydroxyl groups is 1. The fourth-order valence-electron chi connectivity index (χ4n) is 2.21. The minimum Gasteiger partial charge on any atom is -0.395 e. The fraction of sp³-hybridized carbons (Fsp3) is 0.500. The van der Waals surface area contributed by atoms with Gasteiger partial charge in [-0.1, -0.05) is 0 Å². The first-order valence-electron chi connectivity index (χ1n) is 6.48. The summed E-state index contributed by atoms with van der Waals surface area (Å²) >= 11 is 0. The Morgan fingerprint density at radius 1 is 1.15 bits per heavy atom. The molecule has 0 radical (unpaired) electrons. The lowest BCUT2D eigenvalue weighted by Crippen LogP contribution is -2.49. The fourth-order valence-corrected chi connectivity index (χ4v) is 3.63. The molecule has 1 heterocycles. The summed E-state index contributed by atoms with van der Waals surface area (Å²) in [5, 5.41) is 8.88. The predicted octanol–water partition coefficient (Wildman–Crippen LogP) is -0.729. The van der Waals surface area contributed by atoms with Crippen LogP contribution < -0.4 is 11.3 Å². The zero-order valence-corrected chi connectivity index (χ0v) is 12.0. The maximum absolute atomic E-state index is 12.5. The van der Waals surface area contributed by atoms with Crippen LogP contribution in [0.4, 0.5) is 5.69 Å². The number of benzene rings is 1. The number of nitrogens with one attached hydrogen (secondary N) is 1. The number of nitrogens with two attached hydrogens (primary N) is 1. The molecule has 0 bridgehead atoms. The summed E-state index contributed by atoms with van der Waals surface area (Å²) in [4.78, 5) is 2.32. The number of anilines is 1. The molecule has 4 N–H and O–H groups in total. The van der Waals surface area contributed by atoms with E-state index in [-0.39, 0.29) is 11.5 Å². The van der Waals surface area contributed by atoms with Crippen LogP contribution in [0.2, 0.25) is 0 Å². The molecule has 0 unspecified atom stereocenters. The van der Waals surface area contributed by atoms with Crippen LogP contribution in [0.25, 0.3) is 0 Å². The number of sulfonamides is 1. The number of nitrogen functional groups attached to an aromatic ring is 1. The van der Waals surface area contributed by atoms with Crippen molar-refractivity contribution < 1.29 is 13.5 Å². The molecule has 20 heavy (non-hydrogen) atoms. The lowest BCUT2D eigenvalue weighted by atomic mass is 10.3. The SMILES string of the molecule is NNc1ccc(S(=O)(=O)N2CCN(CCO)CC2)cc1. The summed E-state index contributed by atoms with van der Waals surface area (Å²) in [7, 11) is -3.45. The third-order valence-corrected chi connectivity index (χ3v) is 5.32. The smallest absolute Gasteiger partial charge is 0.243 e. The number of piperazine rings is 1. The molecule has 0 aromatic heterocycles. The summed E-state index contributed by atoms with van der Waals surface area (Å²) in [5.74, 6) is 5.26. The molecular formula is C12H20N4O3S. The molecule has 0 amide bonds. The largest absolute Gasteiger partial charge is 0.395 e. The molecule has 1 aromatic carbocycles. The molecule has 1 fully saturated rings. The Kier molecular flexibility index (Phi) is 4.95. The Labute approximate surface area is 119 Å². The van der Waals surface area contributed by atoms with E-state index in [0.717, 1.165) is 0 Å². The lowest BCUT2D eigenvalue weighted by molar-refractivity contribution is 0.151. The average Bonchev–Trinajstić information content (AvgIpc) is 2.48. The Hall–Kier alpha value is -1.19. The van der Waals surface area contributed by atoms with Gasteiger partial charge < -0.3 is 10.5 Å². The monoisotopic (exact) mass is 300 g/mol. The van der Waals surface area contributed by atoms with E-state index in [0.29, 0.717) is 38.4 Å². The van der Waals surface area contributed by atoms with Crippen LogP contribution in [0.15, 0.2) is 29.2 Å². The number of nitrogens with zero attached hydrogens (tertiary/aromatic N) is 2. The summed E-state index contributed by atoms with van der Waals surface area (Å²) in [6.45, 7) is 2.86. The summed E-state index contributed by atoms with van der Waals surface area (Å²) < 4.78 is 26.4. The Balaban J connectivity index is 2.07. The third kappa shape index (κ3) is 3.28. The van der Waals surface area contributed by atoms with Crippen molar-refractivity contribution in [2.24, 2.45) is 5.84 Å². The van der Waals surface area contributed by atoms with Gasteiger partial charge >= 0.3 is 0 Å². The second-order valence-electron chi connectivity index (χ2n) is 4.64. The van der Waals surface area contributed by atoms with Gasteiger partial charge in [-0.3, -0.25) is 10.7 Å². The number of rotatable bonds is 5. The van der Waals surface area contributed by atoms with E-state index in [2.05, 4.69) is 5.43 Å². The molecule has 0 atom stereocenters. The first-order chi connectivity index (χ1) is 9.57. The molecule has 1 saturated heterocycles. The van der Waals surface area contributed by atoms with Gasteiger partial charge in [0.05, 0.1) is 11.5 Å². The summed E-state index contributed by atoms with van der Waals surface area (Å²) in [6, 6.07) is 6.36. The maximum atomic E-state index is 12.5. The van der Waals surface area contributed by atoms with Crippen LogP contribution in [0, 0.1) is 0 Å². The molecule has 1 aliphatic rings. The van der Waals surface area contributed by atoms with Crippen LogP contribution in [0.1, 0.15) is 0 Å². The number of β-amino-alcohol motifs (C(OH)–C–C–N with tert-alkyl or cyclic N) is 1. The van der Waals surface area contributed by atoms with Crippen LogP contribution in [0.3, 0.4) is 0 Å². The highest BCUT2D eigenvalue weighted by molar-refractivity contribution is 7.89. The zero-order valence-electron chi connectivity index (χ0n) is 11.2. The van der Waals surface area contributed by atoms with Crippen molar-refractivity contribution in [3.63, 3.8) is 0 Å². The first-order valence-corrected chi connectivity index (χ1v) is 7.92. The number of hydrogen-bond donors (Lipinski definition) is 3. The Morgan fingerprint density at radius 3 is 2.25 bits per heavy atom. The van der Waals surface area contributed by atoms with E-state index in [4.69, 9.17) is 10.9 Å². The van der Waals surface area contributed by atoms with Crippen LogP contribution in [-0.4, -0.2) is 62.1 Å². The van der Waals surface area contributed by atoms with Crippen LogP contribution in [0.5, 0.6) is 0 Å². The molecule has 2 rings (SSSR count). The third-order valence-electron chi connectivity index (χ3n) is 3.41. The lowest BCUT2D eigenvalue weighted by Gasteiger charge is -2.33. The normalized spacial score (nSPS) is 18.1. The van der Waals surface area contributed by atoms with Gasteiger partial charge in [-0.25, -0.2) is 8.42 Å². The summed E-state index contributed by atoms with van der Waals surface area (Å²) in [5.41, 5.74) is 3.13. The average molecular weight is 300 g/mol. The molecule has 0 aliphatic carbocycles. The van der Waals surface area contributed by atoms with Gasteiger partial charge in [-0.2, -0.15) is 4.31 Å². The number of hydrogen-bond acceptors (Lipinski definition) is 6. The van der Waals surface area contributed by atoms with Crippen molar-refractivity contribution in [3.8, 4) is 0 Å². The molecular weight excluding hydrogens is 280 g/mol. The molecule has 112 valence electrons. The van der Waals surface area contributed by atoms with Gasteiger partial charge in [0, 0.05) is 38.4 Å². The van der Waals surface area contributed by atoms with Gasteiger partial charge in [0.2, 0.25) is 10.0 Å². The van der Waals surface area contributed by atoms with Gasteiger partial charge in [-0.05, 0) is 24.3 Å². The molecule has 8 heteroatoms. The standard InChI is InChI=1S/C12H20N4O3S/c13-14-11-1-3-12(4-2-11)20(18,19)16-7-5-15(6-8-16)9-10-17/h1-4,14,17H,5-10,13H2. The van der Waals surface area contributed by atoms with Crippen molar-refractivity contribution in [2.45, 2.75) is 4.90 Å². The van der Waals surface area contributed by atoms with Crippen molar-refractivity contribution in [1.29, 1.82) is 0 Å². The highest BCUT2D eigenvalue weighted by Crippen LogP contribution is 2.19. The first kappa shape index (κ1) is 15.2. The maximum Gasteiger partial charge on any atom is 0.243 e. The van der Waals surface area contributed by atoms with E-state index in [1.165, 1.54) is 4.31 Å². The predicted molar refractivity (Wildman–Crippen MR) is 76.5 cm³/mol. The second-order valence-corrected chi connectivity index (χ2v) is 6.58. The zero-order chi connectivity index (χ0) is 14.6. The van der Waals surface area contributed by atoms with Gasteiger partial charge in [0.1, 0.15) is 0 Å². The highest BCUT2D eigenvalue weighted by Gasteiger charge is 2.28. The van der Waals surface area contributed by atoms with Crippen LogP contribution in [-0.2, 0) is 10.0 Å². The Bertz CT molecular complexity index is 524. The van der Waals surface area contributed by atoms with Crippen molar-refractivity contribution in [1.82, 2.24) is 9.21 Å². The van der Waals surface area contributed by atoms with E-state index < -0.39 is 10.0 Å². The number of aliphatic hydroxyl groups excluding tert-OH is 1. The van der Waals surface area contributed by atoms with Gasteiger partial charge in [-0.15, -0.1) is 0 Å². The minimum absolute atomic E-state index is 0.0975. The van der Waals surface area contributed by atoms with Gasteiger partial charge in [0.25, 0.3) is 0 Å². The van der Waals surface area contributed by atoms with Gasteiger partial charge in [0.15, 0.2) is 0 Å². The highest BCUT2D eigenvalue weighted by atomic mass is 32.2. The van der Waals surface area contributed by atoms with E-state index in [1.54, 1.807) is 24.3 Å². The summed E-state index contributed by atoms with van der Waals surface area (Å²) in [6.07, 6.45) is 0. The minimum atomic E-state index is -3.45. The quantitative estimate of drug-likeness (QED) is 0.490. The van der Waals surface area contributed by atoms with Crippen molar-refractivity contribution >= 4 is 15.7 Å². The molecule has 7 nitrogen and oxygen atoms in total. The molecule has 0 saturated carbocycles. The Morgan fingerprint density at radius 2 is 1.75 bits per heavy atom. The van der Waals surface area contributed by atoms with Crippen LogP contribution >= 0.6 is 0 Å². The van der Waals surface area contributed by atoms with E-state index >= 15 is 0 Å². The molecule has 1 aromatic rings. The van der Waals surface area contributed by atoms with E-state index in [9.17, 15) is 8.42 Å². The topological polar surface area (TPSA) is 98.9 Å². The number of hydrazine groups is 1. The second kappa shape index (κ2) is 6.51. The molecule has 0 spiro atoms. The van der Waals surface area contributed by atoms with Crippen molar-refractivity contribution in [3.05, 3.63) is 24.3 Å².